The van der Waals surface area contributed by atoms with Crippen molar-refractivity contribution in [3.63, 3.8) is 0 Å². The number of hydrogen-bond donors (Lipinski definition) is 1. The molecule has 2 aromatic rings. The summed E-state index contributed by atoms with van der Waals surface area (Å²) in [6.07, 6.45) is 3.13. The fraction of sp³-hybridized carbons (Fsp3) is 0.125. The predicted molar refractivity (Wildman–Crippen MR) is 79.7 cm³/mol. The maximum absolute atomic E-state index is 12.2. The molecule has 2 heterocycles. The third-order valence-corrected chi connectivity index (χ3v) is 3.47. The number of carbonyl (C=O) groups is 3. The number of amides is 3. The molecule has 0 bridgehead atoms. The van der Waals surface area contributed by atoms with Gasteiger partial charge in [-0.05, 0) is 37.3 Å². The standard InChI is InChI=1S/C16H13N3O3/c1-2-19-15(21)12-6-5-10(8-13(12)16(19)22)14(20)18-11-4-3-7-17-9-11/h3-9H,2H2,1H3,(H,18,20). The summed E-state index contributed by atoms with van der Waals surface area (Å²) in [4.78, 5) is 41.4. The van der Waals surface area contributed by atoms with E-state index in [4.69, 9.17) is 0 Å². The molecule has 0 saturated carbocycles. The van der Waals surface area contributed by atoms with Crippen molar-refractivity contribution in [2.24, 2.45) is 0 Å². The van der Waals surface area contributed by atoms with E-state index in [0.717, 1.165) is 4.90 Å². The van der Waals surface area contributed by atoms with Gasteiger partial charge < -0.3 is 5.32 Å². The third kappa shape index (κ3) is 2.24. The lowest BCUT2D eigenvalue weighted by Crippen LogP contribution is -2.29. The zero-order chi connectivity index (χ0) is 15.7. The molecule has 6 nitrogen and oxygen atoms in total. The van der Waals surface area contributed by atoms with Gasteiger partial charge in [0.1, 0.15) is 0 Å². The van der Waals surface area contributed by atoms with Crippen LogP contribution >= 0.6 is 0 Å². The van der Waals surface area contributed by atoms with Gasteiger partial charge in [-0.1, -0.05) is 0 Å². The van der Waals surface area contributed by atoms with Crippen molar-refractivity contribution in [3.05, 3.63) is 59.4 Å². The molecular formula is C16H13N3O3. The Bertz CT molecular complexity index is 771. The summed E-state index contributed by atoms with van der Waals surface area (Å²) in [6.45, 7) is 2.04. The van der Waals surface area contributed by atoms with Crippen molar-refractivity contribution in [2.75, 3.05) is 11.9 Å². The number of fused-ring (bicyclic) bond motifs is 1. The number of carbonyl (C=O) groups excluding carboxylic acids is 3. The second-order valence-corrected chi connectivity index (χ2v) is 4.81. The lowest BCUT2D eigenvalue weighted by Gasteiger charge is -2.08. The summed E-state index contributed by atoms with van der Waals surface area (Å²) in [7, 11) is 0. The van der Waals surface area contributed by atoms with E-state index in [-0.39, 0.29) is 23.3 Å². The maximum atomic E-state index is 12.2. The van der Waals surface area contributed by atoms with Crippen molar-refractivity contribution in [2.45, 2.75) is 6.92 Å². The molecule has 0 spiro atoms. The minimum Gasteiger partial charge on any atom is -0.321 e. The van der Waals surface area contributed by atoms with Crippen LogP contribution in [-0.2, 0) is 0 Å². The molecule has 1 aliphatic rings. The Balaban J connectivity index is 1.89. The topological polar surface area (TPSA) is 79.4 Å². The van der Waals surface area contributed by atoms with Crippen LogP contribution < -0.4 is 5.32 Å². The average molecular weight is 295 g/mol. The highest BCUT2D eigenvalue weighted by Crippen LogP contribution is 2.24. The van der Waals surface area contributed by atoms with Gasteiger partial charge in [0.2, 0.25) is 0 Å². The second-order valence-electron chi connectivity index (χ2n) is 4.81. The number of rotatable bonds is 3. The highest BCUT2D eigenvalue weighted by atomic mass is 16.2. The molecule has 22 heavy (non-hydrogen) atoms. The van der Waals surface area contributed by atoms with Gasteiger partial charge in [0.25, 0.3) is 17.7 Å². The van der Waals surface area contributed by atoms with Crippen LogP contribution in [0.25, 0.3) is 0 Å². The van der Waals surface area contributed by atoms with Crippen LogP contribution in [-0.4, -0.2) is 34.2 Å². The molecule has 0 radical (unpaired) electrons. The van der Waals surface area contributed by atoms with Crippen molar-refractivity contribution in [3.8, 4) is 0 Å². The van der Waals surface area contributed by atoms with Crippen LogP contribution in [0, 0.1) is 0 Å². The van der Waals surface area contributed by atoms with Gasteiger partial charge in [-0.15, -0.1) is 0 Å². The Morgan fingerprint density at radius 2 is 1.95 bits per heavy atom. The van der Waals surface area contributed by atoms with Crippen molar-refractivity contribution in [1.82, 2.24) is 9.88 Å². The minimum atomic E-state index is -0.362. The van der Waals surface area contributed by atoms with Gasteiger partial charge in [0, 0.05) is 18.3 Å². The summed E-state index contributed by atoms with van der Waals surface area (Å²) in [6, 6.07) is 7.93. The van der Waals surface area contributed by atoms with Crippen LogP contribution in [0.4, 0.5) is 5.69 Å². The summed E-state index contributed by atoms with van der Waals surface area (Å²) in [5.74, 6) is -1.04. The second kappa shape index (κ2) is 5.40. The monoisotopic (exact) mass is 295 g/mol. The number of hydrogen-bond acceptors (Lipinski definition) is 4. The number of benzene rings is 1. The Labute approximate surface area is 126 Å². The van der Waals surface area contributed by atoms with Gasteiger partial charge in [0.15, 0.2) is 0 Å². The van der Waals surface area contributed by atoms with Gasteiger partial charge in [-0.25, -0.2) is 0 Å². The lowest BCUT2D eigenvalue weighted by molar-refractivity contribution is 0.0662. The first-order chi connectivity index (χ1) is 10.6. The Kier molecular flexibility index (Phi) is 3.42. The van der Waals surface area contributed by atoms with Crippen LogP contribution in [0.1, 0.15) is 38.0 Å². The molecular weight excluding hydrogens is 282 g/mol. The van der Waals surface area contributed by atoms with E-state index in [1.165, 1.54) is 24.4 Å². The molecule has 3 amide bonds. The SMILES string of the molecule is CCN1C(=O)c2ccc(C(=O)Nc3cccnc3)cc2C1=O. The largest absolute Gasteiger partial charge is 0.321 e. The van der Waals surface area contributed by atoms with E-state index < -0.39 is 0 Å². The van der Waals surface area contributed by atoms with E-state index in [2.05, 4.69) is 10.3 Å². The first kappa shape index (κ1) is 13.9. The highest BCUT2D eigenvalue weighted by Gasteiger charge is 2.34. The minimum absolute atomic E-state index is 0.269. The molecule has 1 aromatic heterocycles. The number of nitrogens with one attached hydrogen (secondary N) is 1. The third-order valence-electron chi connectivity index (χ3n) is 3.47. The number of aromatic nitrogens is 1. The lowest BCUT2D eigenvalue weighted by atomic mass is 10.1. The fourth-order valence-corrected chi connectivity index (χ4v) is 2.36. The predicted octanol–water partition coefficient (Wildman–Crippen LogP) is 1.95. The van der Waals surface area contributed by atoms with E-state index >= 15 is 0 Å². The highest BCUT2D eigenvalue weighted by molar-refractivity contribution is 6.22. The molecule has 1 aromatic carbocycles. The van der Waals surface area contributed by atoms with Crippen LogP contribution in [0.15, 0.2) is 42.7 Å². The van der Waals surface area contributed by atoms with Crippen molar-refractivity contribution >= 4 is 23.4 Å². The molecule has 3 rings (SSSR count). The number of pyridine rings is 1. The maximum Gasteiger partial charge on any atom is 0.261 e. The summed E-state index contributed by atoms with van der Waals surface area (Å²) in [5.41, 5.74) is 1.49. The van der Waals surface area contributed by atoms with Gasteiger partial charge in [-0.2, -0.15) is 0 Å². The Morgan fingerprint density at radius 1 is 1.18 bits per heavy atom. The molecule has 0 saturated heterocycles. The number of anilines is 1. The normalized spacial score (nSPS) is 13.2. The first-order valence-corrected chi connectivity index (χ1v) is 6.83. The van der Waals surface area contributed by atoms with Crippen molar-refractivity contribution in [1.29, 1.82) is 0 Å². The van der Waals surface area contributed by atoms with Crippen LogP contribution in [0.2, 0.25) is 0 Å². The molecule has 110 valence electrons. The number of imide groups is 1. The zero-order valence-corrected chi connectivity index (χ0v) is 11.9. The molecule has 1 N–H and O–H groups in total. The zero-order valence-electron chi connectivity index (χ0n) is 11.9. The Morgan fingerprint density at radius 3 is 2.64 bits per heavy atom. The Hall–Kier alpha value is -3.02. The van der Waals surface area contributed by atoms with Crippen LogP contribution in [0.3, 0.4) is 0 Å². The first-order valence-electron chi connectivity index (χ1n) is 6.83. The van der Waals surface area contributed by atoms with Crippen molar-refractivity contribution < 1.29 is 14.4 Å². The van der Waals surface area contributed by atoms with Gasteiger partial charge >= 0.3 is 0 Å². The van der Waals surface area contributed by atoms with E-state index in [9.17, 15) is 14.4 Å². The summed E-state index contributed by atoms with van der Waals surface area (Å²) in [5, 5.41) is 2.69. The number of nitrogens with zero attached hydrogens (tertiary/aromatic N) is 2. The quantitative estimate of drug-likeness (QED) is 0.878. The molecule has 0 aliphatic carbocycles. The summed E-state index contributed by atoms with van der Waals surface area (Å²) >= 11 is 0. The molecule has 0 fully saturated rings. The summed E-state index contributed by atoms with van der Waals surface area (Å²) < 4.78 is 0. The van der Waals surface area contributed by atoms with E-state index in [1.54, 1.807) is 25.3 Å². The van der Waals surface area contributed by atoms with Crippen LogP contribution in [0.5, 0.6) is 0 Å². The molecule has 6 heteroatoms. The van der Waals surface area contributed by atoms with Gasteiger partial charge in [0.05, 0.1) is 23.0 Å². The van der Waals surface area contributed by atoms with Gasteiger partial charge in [-0.3, -0.25) is 24.3 Å². The van der Waals surface area contributed by atoms with E-state index in [1.807, 2.05) is 0 Å². The molecule has 0 atom stereocenters. The smallest absolute Gasteiger partial charge is 0.261 e. The van der Waals surface area contributed by atoms with E-state index in [0.29, 0.717) is 23.4 Å². The molecule has 1 aliphatic heterocycles. The fourth-order valence-electron chi connectivity index (χ4n) is 2.36. The molecule has 0 unspecified atom stereocenters. The average Bonchev–Trinajstić information content (AvgIpc) is 2.79.